The van der Waals surface area contributed by atoms with E-state index < -0.39 is 22.5 Å². The van der Waals surface area contributed by atoms with Gasteiger partial charge in [0.15, 0.2) is 0 Å². The van der Waals surface area contributed by atoms with E-state index >= 15 is 0 Å². The van der Waals surface area contributed by atoms with Crippen LogP contribution in [-0.2, 0) is 0 Å². The number of hydrogen-bond acceptors (Lipinski definition) is 6. The summed E-state index contributed by atoms with van der Waals surface area (Å²) in [6.45, 7) is 2.40. The van der Waals surface area contributed by atoms with E-state index in [1.54, 1.807) is 48.5 Å². The van der Waals surface area contributed by atoms with Gasteiger partial charge in [0.1, 0.15) is 11.9 Å². The zero-order chi connectivity index (χ0) is 21.3. The molecule has 4 rings (SSSR count). The number of hydrogen-bond donors (Lipinski definition) is 1. The number of ether oxygens (including phenoxy) is 1. The molecule has 0 unspecified atom stereocenters. The molecule has 0 bridgehead atoms. The monoisotopic (exact) mass is 404 g/mol. The van der Waals surface area contributed by atoms with Crippen molar-refractivity contribution in [2.45, 2.75) is 13.1 Å². The van der Waals surface area contributed by atoms with Gasteiger partial charge in [-0.05, 0) is 49.1 Å². The van der Waals surface area contributed by atoms with Gasteiger partial charge in [0, 0.05) is 23.0 Å². The minimum Gasteiger partial charge on any atom is -0.868 e. The van der Waals surface area contributed by atoms with E-state index in [1.165, 1.54) is 17.0 Å². The summed E-state index contributed by atoms with van der Waals surface area (Å²) in [7, 11) is 0. The van der Waals surface area contributed by atoms with Gasteiger partial charge in [-0.25, -0.2) is 0 Å². The van der Waals surface area contributed by atoms with Crippen molar-refractivity contribution >= 4 is 23.0 Å². The molecule has 0 aromatic heterocycles. The Hall–Kier alpha value is -4.07. The molecular formula is C22H18N3O5-. The lowest BCUT2D eigenvalue weighted by molar-refractivity contribution is -0.398. The number of fused-ring (bicyclic) bond motifs is 1. The van der Waals surface area contributed by atoms with E-state index in [-0.39, 0.29) is 5.91 Å². The van der Waals surface area contributed by atoms with E-state index in [9.17, 15) is 20.0 Å². The third kappa shape index (κ3) is 3.39. The highest BCUT2D eigenvalue weighted by Crippen LogP contribution is 2.38. The molecule has 0 saturated heterocycles. The number of nitrogens with one attached hydrogen (secondary N) is 1. The molecule has 0 aliphatic carbocycles. The first kappa shape index (κ1) is 19.3. The maximum atomic E-state index is 13.4. The number of nitro benzene ring substituents is 1. The molecule has 8 heteroatoms. The van der Waals surface area contributed by atoms with Crippen LogP contribution >= 0.6 is 0 Å². The lowest BCUT2D eigenvalue weighted by Crippen LogP contribution is -2.43. The Morgan fingerprint density at radius 1 is 1.10 bits per heavy atom. The number of nitrogens with zero attached hydrogens (tertiary/aromatic N) is 2. The summed E-state index contributed by atoms with van der Waals surface area (Å²) >= 11 is 0. The molecule has 0 saturated carbocycles. The Kier molecular flexibility index (Phi) is 4.97. The summed E-state index contributed by atoms with van der Waals surface area (Å²) in [5.41, 5.74) is 1.58. The minimum atomic E-state index is -0.732. The second-order valence-corrected chi connectivity index (χ2v) is 6.68. The lowest BCUT2D eigenvalue weighted by atomic mass is 10.0. The van der Waals surface area contributed by atoms with E-state index in [0.29, 0.717) is 34.9 Å². The number of carbonyl (C=O) groups is 1. The average molecular weight is 404 g/mol. The molecule has 1 N–H and O–H groups in total. The topological polar surface area (TPSA) is 108 Å². The molecule has 1 aliphatic heterocycles. The number of anilines is 2. The number of amides is 1. The first-order chi connectivity index (χ1) is 14.5. The normalized spacial score (nSPS) is 15.3. The smallest absolute Gasteiger partial charge is 0.262 e. The molecule has 1 atom stereocenters. The number of benzene rings is 3. The van der Waals surface area contributed by atoms with Gasteiger partial charge in [-0.2, -0.15) is 0 Å². The zero-order valence-corrected chi connectivity index (χ0v) is 16.1. The van der Waals surface area contributed by atoms with Crippen LogP contribution in [0.2, 0.25) is 0 Å². The number of nitro groups is 1. The lowest BCUT2D eigenvalue weighted by Gasteiger charge is -2.38. The third-order valence-corrected chi connectivity index (χ3v) is 4.85. The zero-order valence-electron chi connectivity index (χ0n) is 16.1. The van der Waals surface area contributed by atoms with Crippen molar-refractivity contribution < 1.29 is 19.6 Å². The van der Waals surface area contributed by atoms with Crippen LogP contribution in [0.15, 0.2) is 66.7 Å². The Balaban J connectivity index is 1.83. The van der Waals surface area contributed by atoms with Crippen molar-refractivity contribution in [3.05, 3.63) is 88.0 Å². The highest BCUT2D eigenvalue weighted by atomic mass is 16.6. The summed E-state index contributed by atoms with van der Waals surface area (Å²) < 4.78 is 5.47. The molecule has 1 heterocycles. The SMILES string of the molecule is CCOc1ccc(N2C(=O)c3ccccc3N[C@H]2c2ccc([O-])c([N+](=O)[O-])c2)cc1. The minimum absolute atomic E-state index is 0.257. The number of carbonyl (C=O) groups excluding carboxylic acids is 1. The highest BCUT2D eigenvalue weighted by Gasteiger charge is 2.34. The standard InChI is InChI=1S/C22H19N3O5/c1-2-30-16-10-8-15(9-11-16)24-21(14-7-12-20(26)19(13-14)25(28)29)23-18-6-4-3-5-17(18)22(24)27/h3-13,21,23,26H,2H2,1H3/p-1/t21-/m1/s1. The second-order valence-electron chi connectivity index (χ2n) is 6.68. The first-order valence-electron chi connectivity index (χ1n) is 9.37. The molecule has 0 fully saturated rings. The molecule has 3 aromatic rings. The van der Waals surface area contributed by atoms with Crippen LogP contribution in [0.4, 0.5) is 17.1 Å². The van der Waals surface area contributed by atoms with Crippen molar-refractivity contribution in [1.29, 1.82) is 0 Å². The van der Waals surface area contributed by atoms with Crippen LogP contribution < -0.4 is 20.1 Å². The van der Waals surface area contributed by atoms with Gasteiger partial charge in [0.05, 0.1) is 17.1 Å². The van der Waals surface area contributed by atoms with Crippen LogP contribution in [0.25, 0.3) is 0 Å². The van der Waals surface area contributed by atoms with Crippen LogP contribution in [0.3, 0.4) is 0 Å². The van der Waals surface area contributed by atoms with E-state index in [4.69, 9.17) is 4.74 Å². The van der Waals surface area contributed by atoms with Crippen LogP contribution in [0.1, 0.15) is 29.0 Å². The summed E-state index contributed by atoms with van der Waals surface area (Å²) in [5, 5.41) is 26.4. The quantitative estimate of drug-likeness (QED) is 0.511. The van der Waals surface area contributed by atoms with E-state index in [1.807, 2.05) is 6.92 Å². The van der Waals surface area contributed by atoms with Crippen molar-refractivity contribution in [2.75, 3.05) is 16.8 Å². The van der Waals surface area contributed by atoms with Crippen molar-refractivity contribution in [3.8, 4) is 11.5 Å². The summed E-state index contributed by atoms with van der Waals surface area (Å²) in [4.78, 5) is 25.4. The van der Waals surface area contributed by atoms with Gasteiger partial charge in [-0.3, -0.25) is 19.8 Å². The fourth-order valence-electron chi connectivity index (χ4n) is 3.47. The predicted octanol–water partition coefficient (Wildman–Crippen LogP) is 3.84. The maximum Gasteiger partial charge on any atom is 0.262 e. The molecular weight excluding hydrogens is 386 g/mol. The Morgan fingerprint density at radius 3 is 2.53 bits per heavy atom. The molecule has 3 aromatic carbocycles. The molecule has 8 nitrogen and oxygen atoms in total. The molecule has 0 spiro atoms. The third-order valence-electron chi connectivity index (χ3n) is 4.85. The van der Waals surface area contributed by atoms with Crippen LogP contribution in [0.5, 0.6) is 11.5 Å². The predicted molar refractivity (Wildman–Crippen MR) is 110 cm³/mol. The Labute approximate surface area is 172 Å². The van der Waals surface area contributed by atoms with Crippen LogP contribution in [0, 0.1) is 10.1 Å². The molecule has 0 radical (unpaired) electrons. The summed E-state index contributed by atoms with van der Waals surface area (Å²) in [6, 6.07) is 17.9. The summed E-state index contributed by atoms with van der Waals surface area (Å²) in [6.07, 6.45) is -0.732. The first-order valence-corrected chi connectivity index (χ1v) is 9.37. The van der Waals surface area contributed by atoms with Gasteiger partial charge in [-0.1, -0.05) is 24.3 Å². The fourth-order valence-corrected chi connectivity index (χ4v) is 3.47. The van der Waals surface area contributed by atoms with Gasteiger partial charge in [0.25, 0.3) is 11.6 Å². The van der Waals surface area contributed by atoms with Crippen LogP contribution in [-0.4, -0.2) is 17.4 Å². The second kappa shape index (κ2) is 7.75. The molecule has 152 valence electrons. The van der Waals surface area contributed by atoms with E-state index in [2.05, 4.69) is 5.32 Å². The van der Waals surface area contributed by atoms with E-state index in [0.717, 1.165) is 6.07 Å². The maximum absolute atomic E-state index is 13.4. The van der Waals surface area contributed by atoms with Crippen molar-refractivity contribution in [1.82, 2.24) is 0 Å². The van der Waals surface area contributed by atoms with Gasteiger partial charge >= 0.3 is 0 Å². The molecule has 30 heavy (non-hydrogen) atoms. The Bertz CT molecular complexity index is 1110. The Morgan fingerprint density at radius 2 is 1.83 bits per heavy atom. The molecule has 1 aliphatic rings. The van der Waals surface area contributed by atoms with Gasteiger partial charge in [-0.15, -0.1) is 0 Å². The van der Waals surface area contributed by atoms with Crippen molar-refractivity contribution in [3.63, 3.8) is 0 Å². The van der Waals surface area contributed by atoms with Gasteiger partial charge < -0.3 is 15.2 Å². The highest BCUT2D eigenvalue weighted by molar-refractivity contribution is 6.12. The fraction of sp³-hybridized carbons (Fsp3) is 0.136. The largest absolute Gasteiger partial charge is 0.868 e. The number of para-hydroxylation sites is 1. The summed E-state index contributed by atoms with van der Waals surface area (Å²) in [5.74, 6) is -0.270. The average Bonchev–Trinajstić information content (AvgIpc) is 2.75. The number of rotatable bonds is 5. The van der Waals surface area contributed by atoms with Crippen molar-refractivity contribution in [2.24, 2.45) is 0 Å². The van der Waals surface area contributed by atoms with Gasteiger partial charge in [0.2, 0.25) is 0 Å². The molecule has 1 amide bonds.